The van der Waals surface area contributed by atoms with Gasteiger partial charge in [-0.05, 0) is 6.92 Å². The van der Waals surface area contributed by atoms with E-state index in [1.165, 1.54) is 0 Å². The number of aromatic nitrogens is 2. The van der Waals surface area contributed by atoms with Gasteiger partial charge in [0.1, 0.15) is 5.75 Å². The lowest BCUT2D eigenvalue weighted by atomic mass is 10.3. The SMILES string of the molecule is CC(N)c1noc(CS(C)(=O)=O)n1. The largest absolute Gasteiger partial charge is 0.338 e. The molecule has 0 saturated carbocycles. The third-order valence-corrected chi connectivity index (χ3v) is 2.05. The zero-order valence-corrected chi connectivity index (χ0v) is 8.21. The predicted octanol–water partition coefficient (Wildman–Crippen LogP) is -0.366. The lowest BCUT2D eigenvalue weighted by molar-refractivity contribution is 0.380. The van der Waals surface area contributed by atoms with Crippen molar-refractivity contribution < 1.29 is 12.9 Å². The van der Waals surface area contributed by atoms with E-state index in [0.29, 0.717) is 5.82 Å². The van der Waals surface area contributed by atoms with Gasteiger partial charge in [-0.15, -0.1) is 0 Å². The summed E-state index contributed by atoms with van der Waals surface area (Å²) < 4.78 is 26.3. The molecular formula is C6H11N3O3S. The summed E-state index contributed by atoms with van der Waals surface area (Å²) in [6, 6.07) is -0.350. The van der Waals surface area contributed by atoms with E-state index < -0.39 is 9.84 Å². The highest BCUT2D eigenvalue weighted by molar-refractivity contribution is 7.89. The molecule has 1 rings (SSSR count). The summed E-state index contributed by atoms with van der Waals surface area (Å²) >= 11 is 0. The number of nitrogens with two attached hydrogens (primary N) is 1. The molecule has 1 unspecified atom stereocenters. The van der Waals surface area contributed by atoms with Crippen molar-refractivity contribution >= 4 is 9.84 Å². The number of sulfone groups is 1. The van der Waals surface area contributed by atoms with Crippen molar-refractivity contribution in [1.82, 2.24) is 10.1 Å². The smallest absolute Gasteiger partial charge is 0.241 e. The van der Waals surface area contributed by atoms with Crippen LogP contribution in [0.5, 0.6) is 0 Å². The molecule has 0 aromatic carbocycles. The summed E-state index contributed by atoms with van der Waals surface area (Å²) in [5.41, 5.74) is 5.46. The van der Waals surface area contributed by atoms with Crippen molar-refractivity contribution in [2.75, 3.05) is 6.26 Å². The van der Waals surface area contributed by atoms with Gasteiger partial charge in [0.2, 0.25) is 5.89 Å². The summed E-state index contributed by atoms with van der Waals surface area (Å²) in [6.45, 7) is 1.69. The monoisotopic (exact) mass is 205 g/mol. The van der Waals surface area contributed by atoms with Crippen LogP contribution < -0.4 is 5.73 Å². The number of rotatable bonds is 3. The summed E-state index contributed by atoms with van der Waals surface area (Å²) in [5, 5.41) is 3.52. The predicted molar refractivity (Wildman–Crippen MR) is 45.4 cm³/mol. The summed E-state index contributed by atoms with van der Waals surface area (Å²) in [6.07, 6.45) is 1.10. The fourth-order valence-electron chi connectivity index (χ4n) is 0.736. The van der Waals surface area contributed by atoms with Gasteiger partial charge in [0.05, 0.1) is 6.04 Å². The first-order valence-corrected chi connectivity index (χ1v) is 5.70. The molecule has 0 fully saturated rings. The Balaban J connectivity index is 2.81. The van der Waals surface area contributed by atoms with Crippen LogP contribution in [0.3, 0.4) is 0 Å². The van der Waals surface area contributed by atoms with Gasteiger partial charge in [-0.1, -0.05) is 5.16 Å². The van der Waals surface area contributed by atoms with Crippen LogP contribution in [0.4, 0.5) is 0 Å². The van der Waals surface area contributed by atoms with Gasteiger partial charge in [0.15, 0.2) is 15.7 Å². The average molecular weight is 205 g/mol. The quantitative estimate of drug-likeness (QED) is 0.723. The molecule has 0 radical (unpaired) electrons. The molecule has 1 aromatic heterocycles. The van der Waals surface area contributed by atoms with E-state index in [-0.39, 0.29) is 17.7 Å². The molecule has 0 spiro atoms. The Morgan fingerprint density at radius 1 is 1.62 bits per heavy atom. The second-order valence-electron chi connectivity index (χ2n) is 2.91. The fraction of sp³-hybridized carbons (Fsp3) is 0.667. The molecule has 0 bridgehead atoms. The van der Waals surface area contributed by atoms with Gasteiger partial charge in [-0.2, -0.15) is 4.98 Å². The Hall–Kier alpha value is -0.950. The minimum Gasteiger partial charge on any atom is -0.338 e. The first kappa shape index (κ1) is 10.1. The molecule has 13 heavy (non-hydrogen) atoms. The van der Waals surface area contributed by atoms with Gasteiger partial charge in [0, 0.05) is 6.26 Å². The third kappa shape index (κ3) is 3.11. The first-order chi connectivity index (χ1) is 5.88. The summed E-state index contributed by atoms with van der Waals surface area (Å²) in [5.74, 6) is 0.153. The Morgan fingerprint density at radius 3 is 2.62 bits per heavy atom. The highest BCUT2D eigenvalue weighted by atomic mass is 32.2. The van der Waals surface area contributed by atoms with E-state index in [1.807, 2.05) is 0 Å². The number of hydrogen-bond acceptors (Lipinski definition) is 6. The van der Waals surface area contributed by atoms with Crippen molar-refractivity contribution in [3.8, 4) is 0 Å². The van der Waals surface area contributed by atoms with E-state index in [1.54, 1.807) is 6.92 Å². The van der Waals surface area contributed by atoms with Crippen LogP contribution >= 0.6 is 0 Å². The van der Waals surface area contributed by atoms with Crippen molar-refractivity contribution in [3.63, 3.8) is 0 Å². The fourth-order valence-corrected chi connectivity index (χ4v) is 1.30. The van der Waals surface area contributed by atoms with Crippen molar-refractivity contribution in [2.45, 2.75) is 18.7 Å². The van der Waals surface area contributed by atoms with Crippen LogP contribution in [0.2, 0.25) is 0 Å². The Morgan fingerprint density at radius 2 is 2.23 bits per heavy atom. The second-order valence-corrected chi connectivity index (χ2v) is 5.05. The molecular weight excluding hydrogens is 194 g/mol. The molecule has 74 valence electrons. The minimum absolute atomic E-state index is 0.0785. The van der Waals surface area contributed by atoms with Gasteiger partial charge in [-0.25, -0.2) is 8.42 Å². The van der Waals surface area contributed by atoms with Crippen LogP contribution in [0.25, 0.3) is 0 Å². The molecule has 7 heteroatoms. The lowest BCUT2D eigenvalue weighted by Gasteiger charge is -1.93. The van der Waals surface area contributed by atoms with E-state index in [2.05, 4.69) is 14.7 Å². The molecule has 0 aliphatic rings. The Bertz CT molecular complexity index is 382. The molecule has 0 saturated heterocycles. The lowest BCUT2D eigenvalue weighted by Crippen LogP contribution is -2.07. The molecule has 0 amide bonds. The van der Waals surface area contributed by atoms with Gasteiger partial charge in [0.25, 0.3) is 0 Å². The number of nitrogens with zero attached hydrogens (tertiary/aromatic N) is 2. The van der Waals surface area contributed by atoms with Crippen LogP contribution in [-0.4, -0.2) is 24.8 Å². The van der Waals surface area contributed by atoms with Crippen LogP contribution in [0, 0.1) is 0 Å². The molecule has 0 aliphatic carbocycles. The second kappa shape index (κ2) is 3.43. The highest BCUT2D eigenvalue weighted by Crippen LogP contribution is 2.06. The van der Waals surface area contributed by atoms with E-state index >= 15 is 0 Å². The zero-order valence-electron chi connectivity index (χ0n) is 7.39. The standard InChI is InChI=1S/C6H11N3O3S/c1-4(7)6-8-5(12-9-6)3-13(2,10)11/h4H,3,7H2,1-2H3. The summed E-state index contributed by atoms with van der Waals surface area (Å²) in [4.78, 5) is 3.81. The zero-order chi connectivity index (χ0) is 10.1. The maximum absolute atomic E-state index is 10.8. The molecule has 1 atom stereocenters. The normalized spacial score (nSPS) is 14.4. The maximum Gasteiger partial charge on any atom is 0.241 e. The molecule has 1 aromatic rings. The Labute approximate surface area is 76.0 Å². The van der Waals surface area contributed by atoms with Gasteiger partial charge >= 0.3 is 0 Å². The van der Waals surface area contributed by atoms with Crippen molar-refractivity contribution in [3.05, 3.63) is 11.7 Å². The van der Waals surface area contributed by atoms with Crippen LogP contribution in [0.1, 0.15) is 24.7 Å². The highest BCUT2D eigenvalue weighted by Gasteiger charge is 2.13. The molecule has 6 nitrogen and oxygen atoms in total. The van der Waals surface area contributed by atoms with Crippen molar-refractivity contribution in [2.24, 2.45) is 5.73 Å². The van der Waals surface area contributed by atoms with Gasteiger partial charge < -0.3 is 10.3 Å². The van der Waals surface area contributed by atoms with Gasteiger partial charge in [-0.3, -0.25) is 0 Å². The Kier molecular flexibility index (Phi) is 2.67. The topological polar surface area (TPSA) is 99.1 Å². The summed E-state index contributed by atoms with van der Waals surface area (Å²) in [7, 11) is -3.13. The van der Waals surface area contributed by atoms with E-state index in [9.17, 15) is 8.42 Å². The number of hydrogen-bond donors (Lipinski definition) is 1. The third-order valence-electron chi connectivity index (χ3n) is 1.28. The molecule has 2 N–H and O–H groups in total. The maximum atomic E-state index is 10.8. The van der Waals surface area contributed by atoms with Crippen LogP contribution in [-0.2, 0) is 15.6 Å². The van der Waals surface area contributed by atoms with E-state index in [4.69, 9.17) is 5.73 Å². The van der Waals surface area contributed by atoms with Crippen LogP contribution in [0.15, 0.2) is 4.52 Å². The van der Waals surface area contributed by atoms with E-state index in [0.717, 1.165) is 6.26 Å². The van der Waals surface area contributed by atoms with Crippen molar-refractivity contribution in [1.29, 1.82) is 0 Å². The minimum atomic E-state index is -3.13. The average Bonchev–Trinajstić information content (AvgIpc) is 2.31. The molecule has 0 aliphatic heterocycles. The first-order valence-electron chi connectivity index (χ1n) is 3.64. The molecule has 1 heterocycles.